The van der Waals surface area contributed by atoms with Crippen LogP contribution in [-0.4, -0.2) is 70.6 Å². The Balaban J connectivity index is 1.96. The van der Waals surface area contributed by atoms with E-state index >= 15 is 0 Å². The second kappa shape index (κ2) is 11.3. The fourth-order valence-electron chi connectivity index (χ4n) is 1.47. The van der Waals surface area contributed by atoms with Crippen LogP contribution >= 0.6 is 0 Å². The molecule has 0 radical (unpaired) electrons. The minimum absolute atomic E-state index is 0.0592. The zero-order valence-electron chi connectivity index (χ0n) is 12.6. The van der Waals surface area contributed by atoms with Gasteiger partial charge in [-0.15, -0.1) is 0 Å². The van der Waals surface area contributed by atoms with Crippen molar-refractivity contribution < 1.29 is 38.1 Å². The van der Waals surface area contributed by atoms with E-state index in [0.717, 1.165) is 6.08 Å². The molecule has 1 aliphatic heterocycles. The molecule has 0 bridgehead atoms. The Kier molecular flexibility index (Phi) is 9.17. The molecule has 1 aliphatic rings. The molecule has 0 unspecified atom stereocenters. The first kappa shape index (κ1) is 18.7. The summed E-state index contributed by atoms with van der Waals surface area (Å²) in [5, 5.41) is 5.14. The molecule has 1 rings (SSSR count). The van der Waals surface area contributed by atoms with Crippen molar-refractivity contribution in [2.45, 2.75) is 6.04 Å². The van der Waals surface area contributed by atoms with E-state index in [9.17, 15) is 14.4 Å². The molecule has 2 N–H and O–H groups in total. The third-order valence-corrected chi connectivity index (χ3v) is 2.46. The third kappa shape index (κ3) is 9.32. The topological polar surface area (TPSA) is 121 Å². The summed E-state index contributed by atoms with van der Waals surface area (Å²) in [6, 6.07) is -0.634. The van der Waals surface area contributed by atoms with Gasteiger partial charge in [-0.05, 0) is 0 Å². The van der Waals surface area contributed by atoms with Crippen LogP contribution in [0.2, 0.25) is 0 Å². The molecule has 1 saturated heterocycles. The average molecular weight is 332 g/mol. The smallest absolute Gasteiger partial charge is 0.459 e. The first-order valence-corrected chi connectivity index (χ1v) is 6.90. The molecular formula is C13H20N2O8. The van der Waals surface area contributed by atoms with Crippen LogP contribution < -0.4 is 10.6 Å². The standard InChI is InChI=1S/C13H20N2O8/c1-2-11(16)21-5-6-23-13(18)22-4-3-14-12(17)15-10-7-19-9-20-8-10/h2,10H,1,3-9H2,(H2,14,15,17). The highest BCUT2D eigenvalue weighted by molar-refractivity contribution is 5.81. The summed E-state index contributed by atoms with van der Waals surface area (Å²) in [5.74, 6) is -0.606. The van der Waals surface area contributed by atoms with Gasteiger partial charge in [0.1, 0.15) is 26.6 Å². The lowest BCUT2D eigenvalue weighted by Crippen LogP contribution is -2.49. The summed E-state index contributed by atoms with van der Waals surface area (Å²) < 4.78 is 24.0. The summed E-state index contributed by atoms with van der Waals surface area (Å²) in [5.41, 5.74) is 0. The summed E-state index contributed by atoms with van der Waals surface area (Å²) >= 11 is 0. The van der Waals surface area contributed by atoms with Crippen molar-refractivity contribution in [3.8, 4) is 0 Å². The van der Waals surface area contributed by atoms with Gasteiger partial charge in [-0.2, -0.15) is 0 Å². The lowest BCUT2D eigenvalue weighted by molar-refractivity contribution is -0.139. The highest BCUT2D eigenvalue weighted by atomic mass is 16.7. The molecular weight excluding hydrogens is 312 g/mol. The zero-order valence-corrected chi connectivity index (χ0v) is 12.6. The molecule has 0 aromatic heterocycles. The number of amides is 2. The Morgan fingerprint density at radius 2 is 1.74 bits per heavy atom. The number of rotatable bonds is 8. The Morgan fingerprint density at radius 1 is 1.09 bits per heavy atom. The highest BCUT2D eigenvalue weighted by Crippen LogP contribution is 1.95. The van der Waals surface area contributed by atoms with Crippen LogP contribution in [0, 0.1) is 0 Å². The van der Waals surface area contributed by atoms with E-state index in [1.165, 1.54) is 0 Å². The normalized spacial score (nSPS) is 14.4. The van der Waals surface area contributed by atoms with Crippen LogP contribution in [0.4, 0.5) is 9.59 Å². The summed E-state index contributed by atoms with van der Waals surface area (Å²) in [4.78, 5) is 33.4. The third-order valence-electron chi connectivity index (χ3n) is 2.46. The lowest BCUT2D eigenvalue weighted by Gasteiger charge is -2.23. The van der Waals surface area contributed by atoms with Gasteiger partial charge in [0.25, 0.3) is 0 Å². The molecule has 0 aliphatic carbocycles. The maximum absolute atomic E-state index is 11.5. The minimum atomic E-state index is -0.920. The molecule has 23 heavy (non-hydrogen) atoms. The number of carbonyl (C=O) groups excluding carboxylic acids is 3. The monoisotopic (exact) mass is 332 g/mol. The zero-order chi connectivity index (χ0) is 16.9. The van der Waals surface area contributed by atoms with Gasteiger partial charge in [-0.3, -0.25) is 0 Å². The fraction of sp³-hybridized carbons (Fsp3) is 0.615. The van der Waals surface area contributed by atoms with E-state index in [4.69, 9.17) is 14.2 Å². The van der Waals surface area contributed by atoms with Crippen molar-refractivity contribution in [1.29, 1.82) is 0 Å². The van der Waals surface area contributed by atoms with E-state index in [1.54, 1.807) is 0 Å². The largest absolute Gasteiger partial charge is 0.508 e. The predicted octanol–water partition coefficient (Wildman–Crippen LogP) is -0.459. The quantitative estimate of drug-likeness (QED) is 0.348. The van der Waals surface area contributed by atoms with Gasteiger partial charge in [0.05, 0.1) is 25.8 Å². The number of ether oxygens (including phenoxy) is 5. The van der Waals surface area contributed by atoms with Crippen LogP contribution in [0.3, 0.4) is 0 Å². The second-order valence-corrected chi connectivity index (χ2v) is 4.28. The van der Waals surface area contributed by atoms with E-state index in [0.29, 0.717) is 13.2 Å². The molecule has 0 aromatic carbocycles. The Labute approximate surface area is 133 Å². The Bertz CT molecular complexity index is 409. The van der Waals surface area contributed by atoms with Crippen molar-refractivity contribution in [2.24, 2.45) is 0 Å². The molecule has 1 heterocycles. The van der Waals surface area contributed by atoms with E-state index in [-0.39, 0.29) is 39.2 Å². The predicted molar refractivity (Wildman–Crippen MR) is 75.5 cm³/mol. The summed E-state index contributed by atoms with van der Waals surface area (Å²) in [6.07, 6.45) is 0.0802. The van der Waals surface area contributed by atoms with Gasteiger partial charge >= 0.3 is 18.2 Å². The molecule has 0 aromatic rings. The molecule has 10 nitrogen and oxygen atoms in total. The second-order valence-electron chi connectivity index (χ2n) is 4.28. The summed E-state index contributed by atoms with van der Waals surface area (Å²) in [6.45, 7) is 4.03. The van der Waals surface area contributed by atoms with Crippen LogP contribution in [0.15, 0.2) is 12.7 Å². The van der Waals surface area contributed by atoms with Gasteiger partial charge in [0.2, 0.25) is 0 Å². The fourth-order valence-corrected chi connectivity index (χ4v) is 1.47. The maximum atomic E-state index is 11.5. The van der Waals surface area contributed by atoms with E-state index in [1.807, 2.05) is 0 Å². The molecule has 1 fully saturated rings. The number of esters is 1. The Morgan fingerprint density at radius 3 is 2.43 bits per heavy atom. The molecule has 2 amide bonds. The first-order chi connectivity index (χ1) is 11.1. The van der Waals surface area contributed by atoms with Crippen molar-refractivity contribution in [1.82, 2.24) is 10.6 Å². The van der Waals surface area contributed by atoms with Gasteiger partial charge in [-0.1, -0.05) is 6.58 Å². The Hall–Kier alpha value is -2.33. The molecule has 130 valence electrons. The maximum Gasteiger partial charge on any atom is 0.508 e. The summed E-state index contributed by atoms with van der Waals surface area (Å²) in [7, 11) is 0. The SMILES string of the molecule is C=CC(=O)OCCOC(=O)OCCNC(=O)NC1COCOC1. The van der Waals surface area contributed by atoms with Crippen molar-refractivity contribution in [3.63, 3.8) is 0 Å². The van der Waals surface area contributed by atoms with Crippen LogP contribution in [0.5, 0.6) is 0 Å². The first-order valence-electron chi connectivity index (χ1n) is 6.90. The number of nitrogens with one attached hydrogen (secondary N) is 2. The number of carbonyl (C=O) groups is 3. The lowest BCUT2D eigenvalue weighted by atomic mass is 10.3. The van der Waals surface area contributed by atoms with Gasteiger partial charge in [0, 0.05) is 6.08 Å². The van der Waals surface area contributed by atoms with Crippen LogP contribution in [-0.2, 0) is 28.5 Å². The minimum Gasteiger partial charge on any atom is -0.459 e. The number of hydrogen-bond donors (Lipinski definition) is 2. The number of urea groups is 1. The molecule has 0 atom stereocenters. The molecule has 0 spiro atoms. The molecule has 10 heteroatoms. The average Bonchev–Trinajstić information content (AvgIpc) is 2.56. The van der Waals surface area contributed by atoms with Crippen LogP contribution in [0.1, 0.15) is 0 Å². The number of hydrogen-bond acceptors (Lipinski definition) is 8. The van der Waals surface area contributed by atoms with Crippen molar-refractivity contribution in [3.05, 3.63) is 12.7 Å². The van der Waals surface area contributed by atoms with E-state index < -0.39 is 18.2 Å². The molecule has 0 saturated carbocycles. The van der Waals surface area contributed by atoms with Crippen molar-refractivity contribution >= 4 is 18.2 Å². The highest BCUT2D eigenvalue weighted by Gasteiger charge is 2.16. The van der Waals surface area contributed by atoms with Gasteiger partial charge < -0.3 is 34.3 Å². The van der Waals surface area contributed by atoms with E-state index in [2.05, 4.69) is 26.7 Å². The van der Waals surface area contributed by atoms with Gasteiger partial charge in [0.15, 0.2) is 0 Å². The van der Waals surface area contributed by atoms with Crippen LogP contribution in [0.25, 0.3) is 0 Å². The van der Waals surface area contributed by atoms with Crippen molar-refractivity contribution in [2.75, 3.05) is 46.4 Å². The van der Waals surface area contributed by atoms with Gasteiger partial charge in [-0.25, -0.2) is 14.4 Å².